The second-order valence-electron chi connectivity index (χ2n) is 9.00. The Kier molecular flexibility index (Phi) is 6.39. The van der Waals surface area contributed by atoms with Crippen molar-refractivity contribution in [2.24, 2.45) is 0 Å². The summed E-state index contributed by atoms with van der Waals surface area (Å²) in [6, 6.07) is 16.8. The molecule has 5 aromatic rings. The number of pyridine rings is 1. The third-order valence-corrected chi connectivity index (χ3v) is 6.38. The number of alkyl halides is 3. The maximum absolute atomic E-state index is 14.0. The summed E-state index contributed by atoms with van der Waals surface area (Å²) >= 11 is 0. The van der Waals surface area contributed by atoms with E-state index in [1.54, 1.807) is 62.4 Å². The van der Waals surface area contributed by atoms with Crippen LogP contribution in [0.3, 0.4) is 0 Å². The molecule has 8 nitrogen and oxygen atoms in total. The van der Waals surface area contributed by atoms with Gasteiger partial charge in [-0.3, -0.25) is 9.48 Å². The average molecular weight is 531 g/mol. The molecule has 0 spiro atoms. The lowest BCUT2D eigenvalue weighted by molar-refractivity contribution is -0.140. The summed E-state index contributed by atoms with van der Waals surface area (Å²) in [4.78, 5) is 18.2. The summed E-state index contributed by atoms with van der Waals surface area (Å²) in [7, 11) is 0. The van der Waals surface area contributed by atoms with Gasteiger partial charge in [-0.05, 0) is 50.6 Å². The lowest BCUT2D eigenvalue weighted by Gasteiger charge is -2.12. The zero-order valence-corrected chi connectivity index (χ0v) is 21.1. The number of hydrogen-bond acceptors (Lipinski definition) is 6. The van der Waals surface area contributed by atoms with Gasteiger partial charge in [-0.2, -0.15) is 23.5 Å². The number of nitriles is 1. The quantitative estimate of drug-likeness (QED) is 0.290. The molecule has 0 radical (unpaired) electrons. The number of halogens is 3. The summed E-state index contributed by atoms with van der Waals surface area (Å²) in [6.45, 7) is 4.93. The Morgan fingerprint density at radius 1 is 1.10 bits per heavy atom. The molecule has 0 aliphatic rings. The molecule has 0 aliphatic heterocycles. The van der Waals surface area contributed by atoms with E-state index < -0.39 is 23.5 Å². The van der Waals surface area contributed by atoms with Gasteiger partial charge in [0.15, 0.2) is 5.69 Å². The molecule has 0 saturated carbocycles. The maximum Gasteiger partial charge on any atom is 0.437 e. The molecule has 3 heterocycles. The van der Waals surface area contributed by atoms with Crippen molar-refractivity contribution in [2.45, 2.75) is 33.5 Å². The van der Waals surface area contributed by atoms with E-state index in [1.165, 1.54) is 17.7 Å². The molecule has 1 N–H and O–H groups in total. The Morgan fingerprint density at radius 2 is 1.82 bits per heavy atom. The van der Waals surface area contributed by atoms with Crippen molar-refractivity contribution in [1.29, 1.82) is 5.26 Å². The Labute approximate surface area is 220 Å². The van der Waals surface area contributed by atoms with Gasteiger partial charge in [0.2, 0.25) is 0 Å². The van der Waals surface area contributed by atoms with Crippen molar-refractivity contribution in [3.8, 4) is 17.3 Å². The van der Waals surface area contributed by atoms with Gasteiger partial charge < -0.3 is 9.84 Å². The molecular weight excluding hydrogens is 509 g/mol. The van der Waals surface area contributed by atoms with Crippen LogP contribution in [0.1, 0.15) is 44.3 Å². The number of aryl methyl sites for hydroxylation is 2. The van der Waals surface area contributed by atoms with E-state index in [0.29, 0.717) is 44.7 Å². The highest BCUT2D eigenvalue weighted by Crippen LogP contribution is 2.37. The highest BCUT2D eigenvalue weighted by atomic mass is 19.4. The second kappa shape index (κ2) is 9.72. The molecule has 0 unspecified atom stereocenters. The van der Waals surface area contributed by atoms with Crippen LogP contribution in [-0.2, 0) is 12.7 Å². The predicted octanol–water partition coefficient (Wildman–Crippen LogP) is 6.20. The lowest BCUT2D eigenvalue weighted by Crippen LogP contribution is -2.17. The van der Waals surface area contributed by atoms with Crippen LogP contribution in [-0.4, -0.2) is 25.8 Å². The van der Waals surface area contributed by atoms with E-state index in [9.17, 15) is 18.0 Å². The molecule has 0 atom stereocenters. The Balaban J connectivity index is 1.57. The normalized spacial score (nSPS) is 11.5. The van der Waals surface area contributed by atoms with E-state index in [0.717, 1.165) is 0 Å². The summed E-state index contributed by atoms with van der Waals surface area (Å²) in [5, 5.41) is 19.7. The molecule has 2 aromatic carbocycles. The molecule has 3 aromatic heterocycles. The van der Waals surface area contributed by atoms with Crippen LogP contribution in [0.2, 0.25) is 0 Å². The first-order chi connectivity index (χ1) is 18.6. The second-order valence-corrected chi connectivity index (χ2v) is 9.00. The summed E-state index contributed by atoms with van der Waals surface area (Å²) in [5.41, 5.74) is 1.80. The van der Waals surface area contributed by atoms with Crippen LogP contribution >= 0.6 is 0 Å². The van der Waals surface area contributed by atoms with Crippen molar-refractivity contribution < 1.29 is 22.5 Å². The number of rotatable bonds is 5. The third-order valence-electron chi connectivity index (χ3n) is 6.38. The zero-order valence-electron chi connectivity index (χ0n) is 21.1. The van der Waals surface area contributed by atoms with Crippen molar-refractivity contribution in [2.75, 3.05) is 5.32 Å². The fourth-order valence-electron chi connectivity index (χ4n) is 4.43. The van der Waals surface area contributed by atoms with Gasteiger partial charge in [-0.1, -0.05) is 35.5 Å². The molecule has 0 aliphatic carbocycles. The van der Waals surface area contributed by atoms with Crippen LogP contribution in [0.25, 0.3) is 22.2 Å². The minimum atomic E-state index is -4.81. The minimum absolute atomic E-state index is 0.0187. The van der Waals surface area contributed by atoms with Crippen molar-refractivity contribution in [1.82, 2.24) is 19.9 Å². The lowest BCUT2D eigenvalue weighted by atomic mass is 10.0. The van der Waals surface area contributed by atoms with E-state index in [4.69, 9.17) is 9.78 Å². The monoisotopic (exact) mass is 530 g/mol. The van der Waals surface area contributed by atoms with Crippen LogP contribution in [0.5, 0.6) is 0 Å². The summed E-state index contributed by atoms with van der Waals surface area (Å²) in [5.74, 6) is -0.242. The molecule has 39 heavy (non-hydrogen) atoms. The zero-order chi connectivity index (χ0) is 27.9. The molecule has 1 amide bonds. The Morgan fingerprint density at radius 3 is 2.46 bits per heavy atom. The number of fused-ring (bicyclic) bond motifs is 1. The molecule has 0 fully saturated rings. The van der Waals surface area contributed by atoms with Crippen molar-refractivity contribution in [3.05, 3.63) is 94.1 Å². The van der Waals surface area contributed by atoms with Gasteiger partial charge in [-0.15, -0.1) is 0 Å². The molecule has 11 heteroatoms. The number of para-hydroxylation sites is 1. The predicted molar refractivity (Wildman–Crippen MR) is 137 cm³/mol. The Bertz CT molecular complexity index is 1740. The number of anilines is 1. The van der Waals surface area contributed by atoms with Gasteiger partial charge >= 0.3 is 6.18 Å². The van der Waals surface area contributed by atoms with Crippen LogP contribution in [0.15, 0.2) is 59.1 Å². The third kappa shape index (κ3) is 4.84. The van der Waals surface area contributed by atoms with Crippen molar-refractivity contribution >= 4 is 22.5 Å². The standard InChI is InChI=1S/C28H21F3N6O2/c1-15-24(17(3)39-36-15)23-12-21(20-6-4-5-7-22(20)33-23)27(38)34-25-16(2)37(35-26(25)28(29,30)31)14-19-10-8-18(13-32)9-11-19/h4-12H,14H2,1-3H3,(H,34,38). The molecule has 5 rings (SSSR count). The van der Waals surface area contributed by atoms with E-state index in [2.05, 4.69) is 20.6 Å². The number of aromatic nitrogens is 4. The fraction of sp³-hybridized carbons (Fsp3) is 0.179. The van der Waals surface area contributed by atoms with Gasteiger partial charge in [0.1, 0.15) is 5.76 Å². The number of nitrogens with zero attached hydrogens (tertiary/aromatic N) is 5. The fourth-order valence-corrected chi connectivity index (χ4v) is 4.43. The van der Waals surface area contributed by atoms with E-state index in [-0.39, 0.29) is 17.8 Å². The number of nitrogens with one attached hydrogen (secondary N) is 1. The van der Waals surface area contributed by atoms with Gasteiger partial charge in [0, 0.05) is 5.39 Å². The topological polar surface area (TPSA) is 110 Å². The maximum atomic E-state index is 14.0. The first-order valence-corrected chi connectivity index (χ1v) is 11.8. The number of carbonyl (C=O) groups excluding carboxylic acids is 1. The van der Waals surface area contributed by atoms with Crippen molar-refractivity contribution in [3.63, 3.8) is 0 Å². The smallest absolute Gasteiger partial charge is 0.361 e. The number of benzene rings is 2. The van der Waals surface area contributed by atoms with Gasteiger partial charge in [0.05, 0.1) is 57.6 Å². The number of hydrogen-bond donors (Lipinski definition) is 1. The van der Waals surface area contributed by atoms with Gasteiger partial charge in [-0.25, -0.2) is 4.98 Å². The average Bonchev–Trinajstić information content (AvgIpc) is 3.41. The first kappa shape index (κ1) is 25.7. The summed E-state index contributed by atoms with van der Waals surface area (Å²) < 4.78 is 48.5. The van der Waals surface area contributed by atoms with E-state index >= 15 is 0 Å². The minimum Gasteiger partial charge on any atom is -0.361 e. The van der Waals surface area contributed by atoms with E-state index in [1.807, 2.05) is 6.07 Å². The highest BCUT2D eigenvalue weighted by molar-refractivity contribution is 6.13. The number of amides is 1. The summed E-state index contributed by atoms with van der Waals surface area (Å²) in [6.07, 6.45) is -4.81. The SMILES string of the molecule is Cc1noc(C)c1-c1cc(C(=O)Nc2c(C(F)(F)F)nn(Cc3ccc(C#N)cc3)c2C)c2ccccc2n1. The largest absolute Gasteiger partial charge is 0.437 e. The first-order valence-electron chi connectivity index (χ1n) is 11.8. The highest BCUT2D eigenvalue weighted by Gasteiger charge is 2.39. The molecular formula is C28H21F3N6O2. The molecule has 0 saturated heterocycles. The van der Waals surface area contributed by atoms with Crippen LogP contribution in [0, 0.1) is 32.1 Å². The Hall–Kier alpha value is -4.98. The van der Waals surface area contributed by atoms with Crippen LogP contribution < -0.4 is 5.32 Å². The number of carbonyl (C=O) groups is 1. The molecule has 196 valence electrons. The van der Waals surface area contributed by atoms with Crippen LogP contribution in [0.4, 0.5) is 18.9 Å². The van der Waals surface area contributed by atoms with Gasteiger partial charge in [0.25, 0.3) is 5.91 Å². The molecule has 0 bridgehead atoms.